The average Bonchev–Trinajstić information content (AvgIpc) is 2.65. The minimum absolute atomic E-state index is 0.166. The Kier molecular flexibility index (Phi) is 6.67. The van der Waals surface area contributed by atoms with Crippen LogP contribution < -0.4 is 10.6 Å². The molecule has 0 aromatic heterocycles. The highest BCUT2D eigenvalue weighted by Crippen LogP contribution is 2.18. The van der Waals surface area contributed by atoms with Gasteiger partial charge in [0, 0.05) is 44.6 Å². The second-order valence-electron chi connectivity index (χ2n) is 6.87. The van der Waals surface area contributed by atoms with Crippen molar-refractivity contribution in [1.82, 2.24) is 10.2 Å². The fourth-order valence-corrected chi connectivity index (χ4v) is 3.46. The number of morpholine rings is 1. The largest absolute Gasteiger partial charge is 0.381 e. The van der Waals surface area contributed by atoms with Gasteiger partial charge in [-0.3, -0.25) is 4.90 Å². The molecule has 1 aromatic rings. The smallest absolute Gasteiger partial charge is 0.319 e. The zero-order chi connectivity index (χ0) is 17.5. The van der Waals surface area contributed by atoms with Crippen molar-refractivity contribution >= 4 is 11.7 Å². The van der Waals surface area contributed by atoms with Crippen LogP contribution in [-0.4, -0.2) is 62.5 Å². The summed E-state index contributed by atoms with van der Waals surface area (Å²) >= 11 is 0. The standard InChI is InChI=1S/C19H29N3O3/c1-15-2-4-16(5-3-15)21-19(23)20-9-6-18-14-22(10-13-25-18)17-7-11-24-12-8-17/h2-5,17-18H,6-14H2,1H3,(H2,20,21,23)/t18-/m1/s1. The molecule has 3 rings (SSSR count). The van der Waals surface area contributed by atoms with Crippen molar-refractivity contribution in [3.63, 3.8) is 0 Å². The molecule has 138 valence electrons. The van der Waals surface area contributed by atoms with Crippen LogP contribution in [0.15, 0.2) is 24.3 Å². The number of anilines is 1. The summed E-state index contributed by atoms with van der Waals surface area (Å²) in [6.45, 7) is 7.11. The number of ether oxygens (including phenoxy) is 2. The Labute approximate surface area is 149 Å². The fourth-order valence-electron chi connectivity index (χ4n) is 3.46. The van der Waals surface area contributed by atoms with Crippen LogP contribution in [0.3, 0.4) is 0 Å². The number of aryl methyl sites for hydroxylation is 1. The Morgan fingerprint density at radius 1 is 1.20 bits per heavy atom. The molecule has 0 unspecified atom stereocenters. The second kappa shape index (κ2) is 9.17. The summed E-state index contributed by atoms with van der Waals surface area (Å²) in [6.07, 6.45) is 3.26. The fraction of sp³-hybridized carbons (Fsp3) is 0.632. The van der Waals surface area contributed by atoms with Gasteiger partial charge in [0.1, 0.15) is 0 Å². The first-order chi connectivity index (χ1) is 12.2. The van der Waals surface area contributed by atoms with E-state index in [1.807, 2.05) is 31.2 Å². The van der Waals surface area contributed by atoms with Crippen molar-refractivity contribution in [2.24, 2.45) is 0 Å². The van der Waals surface area contributed by atoms with E-state index < -0.39 is 0 Å². The molecule has 2 amide bonds. The molecule has 2 fully saturated rings. The van der Waals surface area contributed by atoms with Crippen LogP contribution in [0, 0.1) is 6.92 Å². The predicted molar refractivity (Wildman–Crippen MR) is 98.0 cm³/mol. The lowest BCUT2D eigenvalue weighted by molar-refractivity contribution is -0.0635. The number of amides is 2. The van der Waals surface area contributed by atoms with Gasteiger partial charge in [0.25, 0.3) is 0 Å². The Morgan fingerprint density at radius 3 is 2.72 bits per heavy atom. The first-order valence-corrected chi connectivity index (χ1v) is 9.25. The van der Waals surface area contributed by atoms with Crippen molar-refractivity contribution in [2.45, 2.75) is 38.3 Å². The quantitative estimate of drug-likeness (QED) is 0.858. The summed E-state index contributed by atoms with van der Waals surface area (Å²) in [5.41, 5.74) is 1.98. The van der Waals surface area contributed by atoms with Crippen LogP contribution in [0.1, 0.15) is 24.8 Å². The number of hydrogen-bond donors (Lipinski definition) is 2. The van der Waals surface area contributed by atoms with Crippen molar-refractivity contribution in [3.8, 4) is 0 Å². The van der Waals surface area contributed by atoms with Gasteiger partial charge in [0.15, 0.2) is 0 Å². The molecule has 2 heterocycles. The lowest BCUT2D eigenvalue weighted by atomic mass is 10.1. The van der Waals surface area contributed by atoms with E-state index in [1.165, 1.54) is 5.56 Å². The third-order valence-electron chi connectivity index (χ3n) is 4.94. The molecule has 2 aliphatic heterocycles. The van der Waals surface area contributed by atoms with E-state index in [1.54, 1.807) is 0 Å². The molecule has 0 aliphatic carbocycles. The molecule has 6 heteroatoms. The molecule has 25 heavy (non-hydrogen) atoms. The van der Waals surface area contributed by atoms with Crippen LogP contribution in [0.25, 0.3) is 0 Å². The van der Waals surface area contributed by atoms with Gasteiger partial charge in [0.05, 0.1) is 12.7 Å². The van der Waals surface area contributed by atoms with Gasteiger partial charge < -0.3 is 20.1 Å². The Morgan fingerprint density at radius 2 is 1.96 bits per heavy atom. The van der Waals surface area contributed by atoms with Crippen LogP contribution >= 0.6 is 0 Å². The number of hydrogen-bond acceptors (Lipinski definition) is 4. The third-order valence-corrected chi connectivity index (χ3v) is 4.94. The molecule has 0 spiro atoms. The van der Waals surface area contributed by atoms with Crippen LogP contribution in [0.4, 0.5) is 10.5 Å². The maximum atomic E-state index is 12.0. The molecule has 1 aromatic carbocycles. The van der Waals surface area contributed by atoms with Gasteiger partial charge in [-0.05, 0) is 38.3 Å². The molecule has 2 saturated heterocycles. The molecule has 2 N–H and O–H groups in total. The second-order valence-corrected chi connectivity index (χ2v) is 6.87. The minimum Gasteiger partial charge on any atom is -0.381 e. The summed E-state index contributed by atoms with van der Waals surface area (Å²) in [5, 5.41) is 5.77. The van der Waals surface area contributed by atoms with E-state index >= 15 is 0 Å². The maximum absolute atomic E-state index is 12.0. The highest BCUT2D eigenvalue weighted by Gasteiger charge is 2.27. The van der Waals surface area contributed by atoms with Gasteiger partial charge in [-0.1, -0.05) is 17.7 Å². The number of carbonyl (C=O) groups is 1. The van der Waals surface area contributed by atoms with Gasteiger partial charge in [-0.25, -0.2) is 4.79 Å². The number of carbonyl (C=O) groups excluding carboxylic acids is 1. The van der Waals surface area contributed by atoms with E-state index in [4.69, 9.17) is 9.47 Å². The van der Waals surface area contributed by atoms with Gasteiger partial charge in [0.2, 0.25) is 0 Å². The highest BCUT2D eigenvalue weighted by atomic mass is 16.5. The lowest BCUT2D eigenvalue weighted by Gasteiger charge is -2.39. The number of rotatable bonds is 5. The summed E-state index contributed by atoms with van der Waals surface area (Å²) < 4.78 is 11.3. The van der Waals surface area contributed by atoms with E-state index in [0.29, 0.717) is 12.6 Å². The minimum atomic E-state index is -0.166. The van der Waals surface area contributed by atoms with Crippen LogP contribution in [0.5, 0.6) is 0 Å². The van der Waals surface area contributed by atoms with Crippen LogP contribution in [0.2, 0.25) is 0 Å². The molecule has 2 aliphatic rings. The molecule has 0 saturated carbocycles. The Bertz CT molecular complexity index is 543. The number of nitrogens with one attached hydrogen (secondary N) is 2. The number of benzene rings is 1. The predicted octanol–water partition coefficient (Wildman–Crippen LogP) is 2.39. The zero-order valence-corrected chi connectivity index (χ0v) is 15.0. The van der Waals surface area contributed by atoms with Gasteiger partial charge in [-0.15, -0.1) is 0 Å². The topological polar surface area (TPSA) is 62.8 Å². The van der Waals surface area contributed by atoms with Gasteiger partial charge in [-0.2, -0.15) is 0 Å². The SMILES string of the molecule is Cc1ccc(NC(=O)NCC[C@@H]2CN(C3CCOCC3)CCO2)cc1. The van der Waals surface area contributed by atoms with Crippen molar-refractivity contribution in [1.29, 1.82) is 0 Å². The molecule has 0 radical (unpaired) electrons. The summed E-state index contributed by atoms with van der Waals surface area (Å²) in [5.74, 6) is 0. The lowest BCUT2D eigenvalue weighted by Crippen LogP contribution is -2.50. The molecular weight excluding hydrogens is 318 g/mol. The average molecular weight is 347 g/mol. The van der Waals surface area contributed by atoms with E-state index in [2.05, 4.69) is 15.5 Å². The van der Waals surface area contributed by atoms with Crippen molar-refractivity contribution < 1.29 is 14.3 Å². The molecular formula is C19H29N3O3. The van der Waals surface area contributed by atoms with E-state index in [9.17, 15) is 4.79 Å². The van der Waals surface area contributed by atoms with Gasteiger partial charge >= 0.3 is 6.03 Å². The maximum Gasteiger partial charge on any atom is 0.319 e. The van der Waals surface area contributed by atoms with Crippen molar-refractivity contribution in [3.05, 3.63) is 29.8 Å². The van der Waals surface area contributed by atoms with Crippen LogP contribution in [-0.2, 0) is 9.47 Å². The zero-order valence-electron chi connectivity index (χ0n) is 15.0. The highest BCUT2D eigenvalue weighted by molar-refractivity contribution is 5.89. The Balaban J connectivity index is 1.36. The first-order valence-electron chi connectivity index (χ1n) is 9.25. The third kappa shape index (κ3) is 5.70. The first kappa shape index (κ1) is 18.2. The summed E-state index contributed by atoms with van der Waals surface area (Å²) in [6, 6.07) is 8.24. The normalized spacial score (nSPS) is 22.5. The molecule has 0 bridgehead atoms. The summed E-state index contributed by atoms with van der Waals surface area (Å²) in [7, 11) is 0. The van der Waals surface area contributed by atoms with E-state index in [0.717, 1.165) is 57.9 Å². The summed E-state index contributed by atoms with van der Waals surface area (Å²) in [4.78, 5) is 14.5. The number of urea groups is 1. The number of nitrogens with zero attached hydrogens (tertiary/aromatic N) is 1. The molecule has 6 nitrogen and oxygen atoms in total. The molecule has 1 atom stereocenters. The Hall–Kier alpha value is -1.63. The van der Waals surface area contributed by atoms with E-state index in [-0.39, 0.29) is 12.1 Å². The van der Waals surface area contributed by atoms with Crippen molar-refractivity contribution in [2.75, 3.05) is 44.8 Å². The monoisotopic (exact) mass is 347 g/mol.